The molecule has 1 aliphatic rings. The van der Waals surface area contributed by atoms with Crippen molar-refractivity contribution in [2.24, 2.45) is 5.41 Å². The van der Waals surface area contributed by atoms with Crippen LogP contribution in [-0.4, -0.2) is 108 Å². The van der Waals surface area contributed by atoms with Crippen molar-refractivity contribution in [2.45, 2.75) is 186 Å². The van der Waals surface area contributed by atoms with Crippen molar-refractivity contribution in [3.05, 3.63) is 12.7 Å². The number of nitrogens with zero attached hydrogens (tertiary/aromatic N) is 4. The van der Waals surface area contributed by atoms with Gasteiger partial charge in [0.25, 0.3) is 23.5 Å². The summed E-state index contributed by atoms with van der Waals surface area (Å²) in [6.45, 7) is 2.50. The molecule has 8 atom stereocenters. The molecule has 0 aromatic carbocycles. The first-order chi connectivity index (χ1) is 33.6. The van der Waals surface area contributed by atoms with E-state index in [0.717, 1.165) is 48.2 Å². The van der Waals surface area contributed by atoms with Crippen molar-refractivity contribution in [3.63, 3.8) is 0 Å². The molecule has 2 aromatic heterocycles. The molecule has 2 amide bonds. The average Bonchev–Trinajstić information content (AvgIpc) is 3.86. The van der Waals surface area contributed by atoms with E-state index >= 15 is 0 Å². The van der Waals surface area contributed by atoms with Crippen LogP contribution in [0.5, 0.6) is 0 Å². The van der Waals surface area contributed by atoms with Gasteiger partial charge in [0.2, 0.25) is 11.8 Å². The molecule has 74 heavy (non-hydrogen) atoms. The molecule has 1 fully saturated rings. The largest absolute Gasteiger partial charge is 0.756 e. The second-order valence-corrected chi connectivity index (χ2v) is 23.6. The molecule has 8 unspecified atom stereocenters. The molecule has 2 aromatic rings. The summed E-state index contributed by atoms with van der Waals surface area (Å²) in [5.74, 6) is -1.10. The standard InChI is InChI=1S/C43H78N7O17P3S.3H3N/c1-4-5-6-7-8-9-10-11-12-13-14-15-16-17-18-19-20-21-22-23-34(52)71-27-26-45-33(51)24-25-46-41(55)38(54)43(2,3)29-64-70(61,62)67-69(59,60)63-28-32-37(66-68(56,57)58)36(53)42(65-32)50-31-49-35-39(44)47-30-48-40(35)50;;;/h30-32,36-38,42,53-54H,4-29H2,1-3H3,(H,45,51)(H,46,55)(H,59,60)(H,61,62)(H2,44,47,48)(H2,56,57,58);3*1H3. The number of quaternary nitrogens is 3. The number of aliphatic hydroxyl groups excluding tert-OH is 2. The predicted octanol–water partition coefficient (Wildman–Crippen LogP) is 5.72. The molecular formula is C43H87N10O17P3S. The highest BCUT2D eigenvalue weighted by Crippen LogP contribution is 2.56. The third-order valence-corrected chi connectivity index (χ3v) is 15.7. The number of nitrogens with one attached hydrogen (secondary N) is 2. The summed E-state index contributed by atoms with van der Waals surface area (Å²) in [5.41, 5.74) is 4.14. The van der Waals surface area contributed by atoms with Gasteiger partial charge in [-0.05, 0) is 6.42 Å². The van der Waals surface area contributed by atoms with Crippen LogP contribution in [0.1, 0.15) is 162 Å². The van der Waals surface area contributed by atoms with E-state index in [0.29, 0.717) is 12.2 Å². The second-order valence-electron chi connectivity index (χ2n) is 18.3. The van der Waals surface area contributed by atoms with Crippen molar-refractivity contribution in [1.29, 1.82) is 0 Å². The molecule has 0 spiro atoms. The van der Waals surface area contributed by atoms with E-state index in [4.69, 9.17) is 10.5 Å². The minimum Gasteiger partial charge on any atom is -0.756 e. The summed E-state index contributed by atoms with van der Waals surface area (Å²) in [5, 5.41) is 26.6. The number of rotatable bonds is 39. The fourth-order valence-electron chi connectivity index (χ4n) is 7.70. The second kappa shape index (κ2) is 36.5. The molecule has 3 rings (SSSR count). The number of hydrogen-bond donors (Lipinski definition) is 9. The summed E-state index contributed by atoms with van der Waals surface area (Å²) < 4.78 is 61.2. The molecule has 1 aliphatic heterocycles. The molecule has 432 valence electrons. The fourth-order valence-corrected chi connectivity index (χ4v) is 11.2. The third kappa shape index (κ3) is 27.7. The summed E-state index contributed by atoms with van der Waals surface area (Å²) in [4.78, 5) is 95.0. The Morgan fingerprint density at radius 3 is 1.88 bits per heavy atom. The number of carbonyl (C=O) groups excluding carboxylic acids is 3. The Kier molecular flexibility index (Phi) is 35.3. The zero-order chi connectivity index (χ0) is 52.5. The number of phosphoric ester groups is 3. The maximum atomic E-state index is 12.7. The molecule has 0 bridgehead atoms. The minimum atomic E-state index is -5.90. The van der Waals surface area contributed by atoms with Crippen LogP contribution in [-0.2, 0) is 50.7 Å². The fraction of sp³-hybridized carbons (Fsp3) is 0.814. The number of nitrogens with two attached hydrogens (primary N) is 1. The number of fused-ring (bicyclic) bond motifs is 1. The summed E-state index contributed by atoms with van der Waals surface area (Å²) in [6, 6.07) is 0. The van der Waals surface area contributed by atoms with Crippen LogP contribution in [0.2, 0.25) is 0 Å². The number of phosphoric acid groups is 3. The Morgan fingerprint density at radius 1 is 0.811 bits per heavy atom. The normalized spacial score (nSPS) is 19.5. The van der Waals surface area contributed by atoms with Gasteiger partial charge >= 0.3 is 0 Å². The van der Waals surface area contributed by atoms with Crippen LogP contribution < -0.4 is 49.5 Å². The van der Waals surface area contributed by atoms with Crippen LogP contribution in [0.15, 0.2) is 12.7 Å². The van der Waals surface area contributed by atoms with Gasteiger partial charge in [0.05, 0.1) is 19.5 Å². The summed E-state index contributed by atoms with van der Waals surface area (Å²) >= 11 is 1.15. The number of hydrogen-bond acceptors (Lipinski definition) is 21. The van der Waals surface area contributed by atoms with Crippen molar-refractivity contribution >= 4 is 69.1 Å². The molecule has 1 saturated heterocycles. The van der Waals surface area contributed by atoms with E-state index < -0.39 is 84.6 Å². The highest BCUT2D eigenvalue weighted by Gasteiger charge is 2.48. The number of nitrogen functional groups attached to an aromatic ring is 1. The van der Waals surface area contributed by atoms with E-state index in [1.807, 2.05) is 0 Å². The molecule has 31 heteroatoms. The Morgan fingerprint density at radius 2 is 1.34 bits per heavy atom. The first-order valence-corrected chi connectivity index (χ1v) is 30.0. The molecule has 3 heterocycles. The van der Waals surface area contributed by atoms with E-state index in [1.165, 1.54) is 117 Å². The van der Waals surface area contributed by atoms with Gasteiger partial charge in [0.1, 0.15) is 36.3 Å². The number of carbonyl (C=O) groups is 3. The van der Waals surface area contributed by atoms with Crippen LogP contribution in [0, 0.1) is 5.41 Å². The van der Waals surface area contributed by atoms with Gasteiger partial charge in [-0.15, -0.1) is 0 Å². The number of thioether (sulfide) groups is 1. The number of anilines is 1. The van der Waals surface area contributed by atoms with Gasteiger partial charge in [-0.2, -0.15) is 0 Å². The van der Waals surface area contributed by atoms with Crippen LogP contribution in [0.25, 0.3) is 11.2 Å². The molecular weight excluding hydrogens is 1050 g/mol. The lowest BCUT2D eigenvalue weighted by Gasteiger charge is -2.35. The molecule has 0 radical (unpaired) electrons. The van der Waals surface area contributed by atoms with Gasteiger partial charge in [0.15, 0.2) is 22.8 Å². The van der Waals surface area contributed by atoms with E-state index in [2.05, 4.69) is 50.4 Å². The Bertz CT molecular complexity index is 2080. The topological polar surface area (TPSA) is 482 Å². The van der Waals surface area contributed by atoms with Gasteiger partial charge < -0.3 is 82.9 Å². The highest BCUT2D eigenvalue weighted by atomic mass is 32.2. The molecule has 0 aliphatic carbocycles. The Hall–Kier alpha value is -2.56. The number of imidazole rings is 1. The van der Waals surface area contributed by atoms with Gasteiger partial charge in [0, 0.05) is 37.1 Å². The first-order valence-electron chi connectivity index (χ1n) is 24.5. The number of amides is 2. The Labute approximate surface area is 438 Å². The van der Waals surface area contributed by atoms with E-state index in [9.17, 15) is 57.9 Å². The van der Waals surface area contributed by atoms with Crippen LogP contribution >= 0.6 is 35.2 Å². The average molecular weight is 1140 g/mol. The highest BCUT2D eigenvalue weighted by molar-refractivity contribution is 8.13. The summed E-state index contributed by atoms with van der Waals surface area (Å²) in [7, 11) is -17.3. The summed E-state index contributed by atoms with van der Waals surface area (Å²) in [6.07, 6.45) is 17.5. The lowest BCUT2D eigenvalue weighted by molar-refractivity contribution is -0.247. The van der Waals surface area contributed by atoms with E-state index in [-0.39, 0.29) is 60.1 Å². The maximum Gasteiger partial charge on any atom is 0.274 e. The van der Waals surface area contributed by atoms with Gasteiger partial charge in [-0.3, -0.25) is 32.6 Å². The lowest BCUT2D eigenvalue weighted by Crippen LogP contribution is -2.46. The van der Waals surface area contributed by atoms with Crippen molar-refractivity contribution in [1.82, 2.24) is 48.6 Å². The van der Waals surface area contributed by atoms with Crippen molar-refractivity contribution in [3.8, 4) is 0 Å². The van der Waals surface area contributed by atoms with Crippen LogP contribution in [0.4, 0.5) is 5.82 Å². The Balaban J connectivity index is 0.0000178. The third-order valence-electron chi connectivity index (χ3n) is 11.7. The lowest BCUT2D eigenvalue weighted by atomic mass is 9.87. The number of unbranched alkanes of at least 4 members (excludes halogenated alkanes) is 18. The van der Waals surface area contributed by atoms with E-state index in [1.54, 1.807) is 0 Å². The zero-order valence-electron chi connectivity index (χ0n) is 44.1. The predicted molar refractivity (Wildman–Crippen MR) is 276 cm³/mol. The quantitative estimate of drug-likeness (QED) is 0.0285. The smallest absolute Gasteiger partial charge is 0.274 e. The SMILES string of the molecule is CCCCCCCCCCCCCCCCCCCCCC(=O)SCCNC(=O)CCNC(=O)C(O)C(C)(C)COP(=O)([O-])OP(=O)([O-])OCC1OC(n2cnc3c(N)ncnc32)C(O)C1OP(=O)([O-])O.[NH4+].[NH4+].[NH4+]. The molecule has 19 N–H and O–H groups in total. The number of aromatic nitrogens is 4. The van der Waals surface area contributed by atoms with Gasteiger partial charge in [-0.1, -0.05) is 148 Å². The number of ether oxygens (including phenoxy) is 1. The number of aliphatic hydroxyl groups is 2. The van der Waals surface area contributed by atoms with Crippen molar-refractivity contribution < 1.29 is 80.5 Å². The first kappa shape index (κ1) is 71.4. The van der Waals surface area contributed by atoms with Crippen molar-refractivity contribution in [2.75, 3.05) is 37.8 Å². The molecule has 0 saturated carbocycles. The molecule has 27 nitrogen and oxygen atoms in total. The zero-order valence-corrected chi connectivity index (χ0v) is 47.6. The minimum absolute atomic E-state index is 0. The van der Waals surface area contributed by atoms with Gasteiger partial charge in [-0.25, -0.2) is 19.3 Å². The maximum absolute atomic E-state index is 12.7. The van der Waals surface area contributed by atoms with Crippen LogP contribution in [0.3, 0.4) is 0 Å². The monoisotopic (exact) mass is 1140 g/mol.